The molecule has 2 heterocycles. The van der Waals surface area contributed by atoms with Crippen LogP contribution in [-0.4, -0.2) is 47.3 Å². The normalized spacial score (nSPS) is 19.4. The fourth-order valence-electron chi connectivity index (χ4n) is 3.80. The van der Waals surface area contributed by atoms with Crippen LogP contribution in [-0.2, 0) is 9.59 Å². The minimum Gasteiger partial charge on any atom is -0.490 e. The molecule has 0 bridgehead atoms. The number of nitrogens with zero attached hydrogens (tertiary/aromatic N) is 1. The summed E-state index contributed by atoms with van der Waals surface area (Å²) >= 11 is 0. The summed E-state index contributed by atoms with van der Waals surface area (Å²) in [6, 6.07) is 2.20. The highest BCUT2D eigenvalue weighted by Crippen LogP contribution is 2.34. The average molecular weight is 471 g/mol. The zero-order chi connectivity index (χ0) is 24.6. The van der Waals surface area contributed by atoms with Gasteiger partial charge in [-0.25, -0.2) is 4.98 Å². The van der Waals surface area contributed by atoms with Crippen LogP contribution in [0.5, 0.6) is 11.6 Å². The first-order valence-corrected chi connectivity index (χ1v) is 10.8. The lowest BCUT2D eigenvalue weighted by Gasteiger charge is -2.18. The van der Waals surface area contributed by atoms with Crippen molar-refractivity contribution in [2.24, 2.45) is 11.7 Å². The van der Waals surface area contributed by atoms with Gasteiger partial charge in [0.2, 0.25) is 5.88 Å². The molecule has 1 saturated heterocycles. The third kappa shape index (κ3) is 4.78. The summed E-state index contributed by atoms with van der Waals surface area (Å²) in [7, 11) is 0. The van der Waals surface area contributed by atoms with Gasteiger partial charge >= 0.3 is 5.92 Å². The van der Waals surface area contributed by atoms with Crippen LogP contribution in [0.2, 0.25) is 0 Å². The highest BCUT2D eigenvalue weighted by Gasteiger charge is 2.48. The number of ketones is 1. The predicted octanol–water partition coefficient (Wildman–Crippen LogP) is 2.35. The molecule has 10 heteroatoms. The van der Waals surface area contributed by atoms with E-state index in [9.17, 15) is 23.2 Å². The molecule has 1 aliphatic carbocycles. The second kappa shape index (κ2) is 8.89. The summed E-state index contributed by atoms with van der Waals surface area (Å²) in [4.78, 5) is 39.0. The molecule has 1 saturated carbocycles. The molecule has 0 radical (unpaired) electrons. The van der Waals surface area contributed by atoms with Crippen LogP contribution in [0.3, 0.4) is 0 Å². The first-order valence-electron chi connectivity index (χ1n) is 10.8. The fraction of sp³-hybridized carbons (Fsp3) is 0.417. The molecule has 178 valence electrons. The molecular formula is C24H23F2N3O5. The second-order valence-electron chi connectivity index (χ2n) is 8.70. The summed E-state index contributed by atoms with van der Waals surface area (Å²) < 4.78 is 38.5. The van der Waals surface area contributed by atoms with E-state index >= 15 is 0 Å². The molecule has 34 heavy (non-hydrogen) atoms. The van der Waals surface area contributed by atoms with Crippen molar-refractivity contribution >= 4 is 28.4 Å². The summed E-state index contributed by atoms with van der Waals surface area (Å²) in [6.45, 7) is 3.35. The topological polar surface area (TPSA) is 121 Å². The van der Waals surface area contributed by atoms with Crippen molar-refractivity contribution in [1.82, 2.24) is 10.3 Å². The zero-order valence-electron chi connectivity index (χ0n) is 18.6. The SMILES string of the molecule is CC(C)Oc1cc2c(OC[C@@H]3CC(F)(F)C(=O)N3)ncc(C#CC3CC(=O)C3)c2cc1C(N)=O. The molecular weight excluding hydrogens is 448 g/mol. The zero-order valence-corrected chi connectivity index (χ0v) is 18.6. The van der Waals surface area contributed by atoms with Gasteiger partial charge in [0.15, 0.2) is 0 Å². The number of nitrogens with one attached hydrogen (secondary N) is 1. The third-order valence-corrected chi connectivity index (χ3v) is 5.53. The van der Waals surface area contributed by atoms with Gasteiger partial charge in [0.1, 0.15) is 18.1 Å². The van der Waals surface area contributed by atoms with Gasteiger partial charge < -0.3 is 20.5 Å². The lowest BCUT2D eigenvalue weighted by atomic mass is 9.84. The molecule has 1 aliphatic heterocycles. The van der Waals surface area contributed by atoms with E-state index in [-0.39, 0.29) is 41.6 Å². The molecule has 0 spiro atoms. The van der Waals surface area contributed by atoms with Crippen LogP contribution in [0.1, 0.15) is 49.0 Å². The van der Waals surface area contributed by atoms with E-state index in [0.29, 0.717) is 29.2 Å². The number of hydrogen-bond acceptors (Lipinski definition) is 6. The number of alkyl halides is 2. The molecule has 1 atom stereocenters. The van der Waals surface area contributed by atoms with Crippen LogP contribution < -0.4 is 20.5 Å². The highest BCUT2D eigenvalue weighted by molar-refractivity contribution is 6.03. The highest BCUT2D eigenvalue weighted by atomic mass is 19.3. The van der Waals surface area contributed by atoms with Crippen molar-refractivity contribution in [2.45, 2.75) is 51.2 Å². The van der Waals surface area contributed by atoms with E-state index in [2.05, 4.69) is 22.1 Å². The van der Waals surface area contributed by atoms with Crippen LogP contribution in [0, 0.1) is 17.8 Å². The Bertz CT molecular complexity index is 1240. The van der Waals surface area contributed by atoms with Crippen molar-refractivity contribution in [1.29, 1.82) is 0 Å². The molecule has 2 fully saturated rings. The number of aromatic nitrogens is 1. The summed E-state index contributed by atoms with van der Waals surface area (Å²) in [5.41, 5.74) is 6.20. The maximum atomic E-state index is 13.5. The molecule has 2 aromatic rings. The number of nitrogens with two attached hydrogens (primary N) is 1. The molecule has 4 rings (SSSR count). The molecule has 2 amide bonds. The molecule has 0 unspecified atom stereocenters. The Labute approximate surface area is 194 Å². The van der Waals surface area contributed by atoms with Gasteiger partial charge in [-0.05, 0) is 26.0 Å². The summed E-state index contributed by atoms with van der Waals surface area (Å²) in [6.07, 6.45) is 1.30. The van der Waals surface area contributed by atoms with E-state index in [4.69, 9.17) is 15.2 Å². The van der Waals surface area contributed by atoms with Crippen molar-refractivity contribution in [3.63, 3.8) is 0 Å². The second-order valence-corrected chi connectivity index (χ2v) is 8.70. The van der Waals surface area contributed by atoms with E-state index < -0.39 is 30.2 Å². The first kappa shape index (κ1) is 23.4. The van der Waals surface area contributed by atoms with Gasteiger partial charge in [-0.3, -0.25) is 14.4 Å². The first-order chi connectivity index (χ1) is 16.0. The van der Waals surface area contributed by atoms with Crippen LogP contribution >= 0.6 is 0 Å². The number of amides is 2. The van der Waals surface area contributed by atoms with Gasteiger partial charge in [0, 0.05) is 42.1 Å². The molecule has 3 N–H and O–H groups in total. The summed E-state index contributed by atoms with van der Waals surface area (Å²) in [5.74, 6) is 1.01. The van der Waals surface area contributed by atoms with Crippen molar-refractivity contribution < 1.29 is 32.6 Å². The molecule has 1 aromatic heterocycles. The standard InChI is InChI=1S/C24H23F2N3O5/c1-12(2)34-20-8-18-17(7-19(20)21(27)31)14(4-3-13-5-16(30)6-13)10-28-22(18)33-11-15-9-24(25,26)23(32)29-15/h7-8,10,12-13,15H,5-6,9,11H2,1-2H3,(H2,27,31)(H,29,32)/t15-/m0/s1. The van der Waals surface area contributed by atoms with Gasteiger partial charge in [-0.1, -0.05) is 11.8 Å². The quantitative estimate of drug-likeness (QED) is 0.624. The lowest BCUT2D eigenvalue weighted by molar-refractivity contribution is -0.139. The van der Waals surface area contributed by atoms with E-state index in [0.717, 1.165) is 0 Å². The molecule has 2 aliphatic rings. The monoisotopic (exact) mass is 471 g/mol. The Morgan fingerprint density at radius 3 is 2.62 bits per heavy atom. The Kier molecular flexibility index (Phi) is 6.13. The minimum absolute atomic E-state index is 0.0368. The number of benzene rings is 1. The minimum atomic E-state index is -3.44. The number of fused-ring (bicyclic) bond motifs is 1. The molecule has 1 aromatic carbocycles. The van der Waals surface area contributed by atoms with Crippen LogP contribution in [0.25, 0.3) is 10.8 Å². The Balaban J connectivity index is 1.73. The predicted molar refractivity (Wildman–Crippen MR) is 118 cm³/mol. The lowest BCUT2D eigenvalue weighted by Crippen LogP contribution is -2.33. The van der Waals surface area contributed by atoms with Crippen molar-refractivity contribution in [3.8, 4) is 23.5 Å². The van der Waals surface area contributed by atoms with Crippen LogP contribution in [0.15, 0.2) is 18.3 Å². The van der Waals surface area contributed by atoms with E-state index in [1.165, 1.54) is 12.3 Å². The number of carbonyl (C=O) groups is 3. The fourth-order valence-corrected chi connectivity index (χ4v) is 3.80. The molecule has 8 nitrogen and oxygen atoms in total. The maximum Gasteiger partial charge on any atom is 0.326 e. The van der Waals surface area contributed by atoms with Crippen molar-refractivity contribution in [2.75, 3.05) is 6.61 Å². The van der Waals surface area contributed by atoms with Crippen LogP contribution in [0.4, 0.5) is 8.78 Å². The maximum absolute atomic E-state index is 13.5. The van der Waals surface area contributed by atoms with Gasteiger partial charge in [0.05, 0.1) is 23.3 Å². The number of carbonyl (C=O) groups excluding carboxylic acids is 3. The number of pyridine rings is 1. The Morgan fingerprint density at radius 2 is 2.03 bits per heavy atom. The van der Waals surface area contributed by atoms with Gasteiger partial charge in [-0.15, -0.1) is 0 Å². The van der Waals surface area contributed by atoms with E-state index in [1.807, 2.05) is 0 Å². The number of hydrogen-bond donors (Lipinski definition) is 2. The van der Waals surface area contributed by atoms with Gasteiger partial charge in [0.25, 0.3) is 11.8 Å². The Hall–Kier alpha value is -3.74. The average Bonchev–Trinajstić information content (AvgIpc) is 2.99. The number of Topliss-reactive ketones (excluding diaryl/α,β-unsaturated/α-hetero) is 1. The van der Waals surface area contributed by atoms with Crippen molar-refractivity contribution in [3.05, 3.63) is 29.5 Å². The largest absolute Gasteiger partial charge is 0.490 e. The smallest absolute Gasteiger partial charge is 0.326 e. The number of primary amides is 1. The number of rotatable bonds is 6. The number of ether oxygens (including phenoxy) is 2. The Morgan fingerprint density at radius 1 is 1.29 bits per heavy atom. The number of halogens is 2. The third-order valence-electron chi connectivity index (χ3n) is 5.53. The van der Waals surface area contributed by atoms with Gasteiger partial charge in [-0.2, -0.15) is 8.78 Å². The summed E-state index contributed by atoms with van der Waals surface area (Å²) in [5, 5.41) is 3.15. The van der Waals surface area contributed by atoms with E-state index in [1.54, 1.807) is 19.9 Å².